The molecule has 0 spiro atoms. The first kappa shape index (κ1) is 64.8. The summed E-state index contributed by atoms with van der Waals surface area (Å²) in [5.74, 6) is 1.71. The lowest BCUT2D eigenvalue weighted by Crippen LogP contribution is -2.49. The number of fused-ring (bicyclic) bond motifs is 4. The van der Waals surface area contributed by atoms with E-state index >= 15 is 0 Å². The van der Waals surface area contributed by atoms with E-state index in [9.17, 15) is 18.6 Å². The number of carbonyl (C=O) groups is 3. The van der Waals surface area contributed by atoms with Gasteiger partial charge in [0.1, 0.15) is 37.1 Å². The second kappa shape index (κ2) is 28.9. The molecule has 21 heteroatoms. The van der Waals surface area contributed by atoms with Gasteiger partial charge in [0, 0.05) is 112 Å². The average molecular weight is 1280 g/mol. The number of likely N-dealkylation sites (tertiary alicyclic amines) is 1. The summed E-state index contributed by atoms with van der Waals surface area (Å²) >= 11 is 0. The van der Waals surface area contributed by atoms with Gasteiger partial charge in [-0.05, 0) is 105 Å². The molecule has 2 aromatic heterocycles. The second-order valence-corrected chi connectivity index (χ2v) is 26.4. The van der Waals surface area contributed by atoms with Crippen molar-refractivity contribution in [3.05, 3.63) is 178 Å². The van der Waals surface area contributed by atoms with E-state index in [2.05, 4.69) is 106 Å². The van der Waals surface area contributed by atoms with Gasteiger partial charge in [-0.1, -0.05) is 121 Å². The molecule has 5 aliphatic rings. The van der Waals surface area contributed by atoms with Crippen LogP contribution in [0.3, 0.4) is 0 Å². The van der Waals surface area contributed by atoms with Crippen molar-refractivity contribution in [2.45, 2.75) is 103 Å². The summed E-state index contributed by atoms with van der Waals surface area (Å²) in [7, 11) is -1.31. The predicted octanol–water partition coefficient (Wildman–Crippen LogP) is 11.5. The van der Waals surface area contributed by atoms with Crippen molar-refractivity contribution in [1.82, 2.24) is 34.6 Å². The maximum absolute atomic E-state index is 13.0. The first-order chi connectivity index (χ1) is 44.1. The van der Waals surface area contributed by atoms with Gasteiger partial charge < -0.3 is 53.2 Å². The minimum Gasteiger partial charge on any atom is -0.461 e. The van der Waals surface area contributed by atoms with Gasteiger partial charge in [-0.2, -0.15) is 23.5 Å². The Bertz CT molecular complexity index is 3960. The minimum atomic E-state index is -1.31. The Morgan fingerprint density at radius 3 is 1.50 bits per heavy atom. The quantitative estimate of drug-likeness (QED) is 0.0832. The van der Waals surface area contributed by atoms with Gasteiger partial charge in [0.05, 0.1) is 41.3 Å². The number of rotatable bonds is 12. The van der Waals surface area contributed by atoms with E-state index in [1.807, 2.05) is 81.4 Å². The summed E-state index contributed by atoms with van der Waals surface area (Å²) in [5.41, 5.74) is 10.3. The first-order valence-corrected chi connectivity index (χ1v) is 33.3. The van der Waals surface area contributed by atoms with Gasteiger partial charge in [-0.25, -0.2) is 24.4 Å². The molecule has 19 nitrogen and oxygen atoms in total. The lowest BCUT2D eigenvalue weighted by atomic mass is 10.0. The Morgan fingerprint density at radius 2 is 1.01 bits per heavy atom. The molecule has 92 heavy (non-hydrogen) atoms. The number of piperazine rings is 2. The third kappa shape index (κ3) is 15.3. The Kier molecular flexibility index (Phi) is 20.3. The molecule has 13 rings (SSSR count). The molecule has 1 unspecified atom stereocenters. The minimum absolute atomic E-state index is 0. The molecule has 7 heterocycles. The Morgan fingerprint density at radius 1 is 0.543 bits per heavy atom. The maximum Gasteiger partial charge on any atom is 0.410 e. The number of ether oxygens (including phenoxy) is 4. The first-order valence-electron chi connectivity index (χ1n) is 31.7. The molecule has 3 fully saturated rings. The van der Waals surface area contributed by atoms with Crippen molar-refractivity contribution in [1.29, 1.82) is 0 Å². The van der Waals surface area contributed by atoms with Crippen LogP contribution in [-0.2, 0) is 64.2 Å². The number of aryl methyl sites for hydroxylation is 2. The van der Waals surface area contributed by atoms with Crippen LogP contribution in [0.15, 0.2) is 139 Å². The molecule has 2 atom stereocenters. The highest BCUT2D eigenvalue weighted by Gasteiger charge is 2.35. The molecule has 0 aliphatic carbocycles. The molecule has 8 aromatic rings. The van der Waals surface area contributed by atoms with Crippen LogP contribution >= 0.6 is 13.5 Å². The summed E-state index contributed by atoms with van der Waals surface area (Å²) in [4.78, 5) is 72.7. The maximum atomic E-state index is 13.0. The van der Waals surface area contributed by atoms with Crippen LogP contribution in [0.5, 0.6) is 6.01 Å². The second-order valence-electron chi connectivity index (χ2n) is 25.1. The molecule has 0 radical (unpaired) electrons. The lowest BCUT2D eigenvalue weighted by molar-refractivity contribution is 0.0183. The third-order valence-electron chi connectivity index (χ3n) is 17.4. The standard InChI is InChI=1S/C40H48N6O5.C31H33N5O3S.H2S/c1-28-23-30-13-8-9-15-32(30)35(24-28)45-18-16-33-34(25-45)41-37(49-27-31-14-10-17-46(31)39(48)51-40(2,3)4)42-36(33)43-19-21-44(22-20-43)38(47)50-26-29-11-6-5-7-12-29;1-22-18-24-10-6-7-11-25(24)28(19-22)36-13-12-26-27(20-36)32-30(40(2)38)33-29(26)34-14-16-35(17-15-34)31(37)39-21-23-8-4-3-5-9-23;/h5-9,11-13,15,23-24,31H,10,14,16-22,25-27H2,1-4H3;3-11,18-19H,12-17,20-21H2,1-2H3;1H2/t31-;;/m0../s1. The van der Waals surface area contributed by atoms with Crippen LogP contribution in [0.2, 0.25) is 0 Å². The van der Waals surface area contributed by atoms with E-state index in [-0.39, 0.29) is 57.6 Å². The van der Waals surface area contributed by atoms with E-state index in [0.29, 0.717) is 83.2 Å². The van der Waals surface area contributed by atoms with Crippen LogP contribution in [-0.4, -0.2) is 154 Å². The molecular weight excluding hydrogens is 1200 g/mol. The van der Waals surface area contributed by atoms with E-state index in [0.717, 1.165) is 84.1 Å². The van der Waals surface area contributed by atoms with Crippen molar-refractivity contribution in [3.8, 4) is 6.01 Å². The fraction of sp³-hybridized carbons (Fsp3) is 0.394. The highest BCUT2D eigenvalue weighted by molar-refractivity contribution is 7.84. The number of nitrogens with zero attached hydrogens (tertiary/aromatic N) is 11. The number of hydrogen-bond donors (Lipinski definition) is 0. The molecule has 482 valence electrons. The monoisotopic (exact) mass is 1280 g/mol. The van der Waals surface area contributed by atoms with Gasteiger partial charge >= 0.3 is 24.3 Å². The normalized spacial score (nSPS) is 16.8. The van der Waals surface area contributed by atoms with E-state index in [4.69, 9.17) is 38.9 Å². The highest BCUT2D eigenvalue weighted by Crippen LogP contribution is 2.38. The fourth-order valence-electron chi connectivity index (χ4n) is 12.9. The number of aromatic nitrogens is 4. The summed E-state index contributed by atoms with van der Waals surface area (Å²) in [6, 6.07) is 45.5. The van der Waals surface area contributed by atoms with Crippen LogP contribution in [0.4, 0.5) is 37.4 Å². The summed E-state index contributed by atoms with van der Waals surface area (Å²) in [6.07, 6.45) is 3.99. The van der Waals surface area contributed by atoms with Gasteiger partial charge in [-0.15, -0.1) is 0 Å². The van der Waals surface area contributed by atoms with Crippen LogP contribution < -0.4 is 24.3 Å². The topological polar surface area (TPSA) is 179 Å². The molecular formula is C71H83N11O8S2. The van der Waals surface area contributed by atoms with Crippen molar-refractivity contribution in [3.63, 3.8) is 0 Å². The highest BCUT2D eigenvalue weighted by atomic mass is 32.2. The Hall–Kier alpha value is -8.69. The zero-order chi connectivity index (χ0) is 63.2. The predicted molar refractivity (Wildman–Crippen MR) is 366 cm³/mol. The molecule has 3 saturated heterocycles. The number of carbonyl (C=O) groups excluding carboxylic acids is 3. The summed E-state index contributed by atoms with van der Waals surface area (Å²) in [5, 5.41) is 5.24. The van der Waals surface area contributed by atoms with E-state index < -0.39 is 16.4 Å². The summed E-state index contributed by atoms with van der Waals surface area (Å²) < 4.78 is 35.8. The van der Waals surface area contributed by atoms with Crippen molar-refractivity contribution < 1.29 is 37.5 Å². The van der Waals surface area contributed by atoms with Crippen molar-refractivity contribution in [2.75, 3.05) is 104 Å². The van der Waals surface area contributed by atoms with Crippen LogP contribution in [0.25, 0.3) is 21.5 Å². The molecule has 0 bridgehead atoms. The smallest absolute Gasteiger partial charge is 0.410 e. The molecule has 3 amide bonds. The molecule has 6 aromatic carbocycles. The number of amides is 3. The largest absolute Gasteiger partial charge is 0.461 e. The summed E-state index contributed by atoms with van der Waals surface area (Å²) in [6.45, 7) is 18.9. The Balaban J connectivity index is 0.000000192. The lowest BCUT2D eigenvalue weighted by Gasteiger charge is -2.38. The van der Waals surface area contributed by atoms with Gasteiger partial charge in [0.2, 0.25) is 5.16 Å². The molecule has 5 aliphatic heterocycles. The van der Waals surface area contributed by atoms with Gasteiger partial charge in [0.15, 0.2) is 0 Å². The van der Waals surface area contributed by atoms with E-state index in [1.165, 1.54) is 44.0 Å². The third-order valence-corrected chi connectivity index (χ3v) is 18.1. The zero-order valence-corrected chi connectivity index (χ0v) is 55.3. The van der Waals surface area contributed by atoms with Crippen LogP contribution in [0.1, 0.15) is 78.4 Å². The molecule has 0 N–H and O–H groups in total. The number of anilines is 4. The van der Waals surface area contributed by atoms with Gasteiger partial charge in [0.25, 0.3) is 0 Å². The molecule has 0 saturated carbocycles. The zero-order valence-electron chi connectivity index (χ0n) is 53.5. The average Bonchev–Trinajstić information content (AvgIpc) is 0.891. The SMILES string of the molecule is Cc1cc(N2CCc3c(nc(OC[C@@H]4CCCN4C(=O)OC(C)(C)C)nc3N3CCN(C(=O)OCc4ccccc4)CC3)C2)c2ccccc2c1.Cc1cc(N2CCc3c(nc(S(C)=O)nc3N3CCN(C(=O)OCc4ccccc4)CC3)C2)c2ccccc2c1.S. The fourth-order valence-corrected chi connectivity index (χ4v) is 13.3. The van der Waals surface area contributed by atoms with Gasteiger partial charge in [-0.3, -0.25) is 4.21 Å². The van der Waals surface area contributed by atoms with Crippen molar-refractivity contribution >= 4 is 87.1 Å². The Labute approximate surface area is 548 Å². The van der Waals surface area contributed by atoms with Crippen molar-refractivity contribution in [2.24, 2.45) is 0 Å². The van der Waals surface area contributed by atoms with Crippen LogP contribution in [0, 0.1) is 13.8 Å². The number of benzene rings is 6. The number of hydrogen-bond acceptors (Lipinski definition) is 16. The van der Waals surface area contributed by atoms with E-state index in [1.54, 1.807) is 21.0 Å².